The molecule has 0 atom stereocenters. The van der Waals surface area contributed by atoms with Gasteiger partial charge in [-0.15, -0.1) is 0 Å². The maximum atomic E-state index is 13.1. The first kappa shape index (κ1) is 21.4. The van der Waals surface area contributed by atoms with E-state index in [0.29, 0.717) is 0 Å². The summed E-state index contributed by atoms with van der Waals surface area (Å²) in [7, 11) is -4.26. The molecule has 0 radical (unpaired) electrons. The fraction of sp³-hybridized carbons (Fsp3) is 0.0714. The Balaban J connectivity index is 2.66. The second-order valence-electron chi connectivity index (χ2n) is 4.87. The van der Waals surface area contributed by atoms with Crippen LogP contribution in [0.15, 0.2) is 35.2 Å². The van der Waals surface area contributed by atoms with E-state index in [1.165, 1.54) is 24.3 Å². The number of carbonyl (C=O) groups is 1. The number of anilines is 1. The quantitative estimate of drug-likeness (QED) is 0.293. The number of hydrazine groups is 1. The van der Waals surface area contributed by atoms with E-state index >= 15 is 0 Å². The summed E-state index contributed by atoms with van der Waals surface area (Å²) in [5.74, 6) is 4.29. The van der Waals surface area contributed by atoms with Gasteiger partial charge in [-0.25, -0.2) is 14.3 Å². The highest BCUT2D eigenvalue weighted by molar-refractivity contribution is 7.92. The monoisotopic (exact) mass is 475 g/mol. The van der Waals surface area contributed by atoms with Gasteiger partial charge in [-0.2, -0.15) is 0 Å². The molecule has 6 nitrogen and oxygen atoms in total. The second kappa shape index (κ2) is 8.39. The van der Waals surface area contributed by atoms with Crippen LogP contribution in [-0.2, 0) is 14.8 Å². The van der Waals surface area contributed by atoms with Gasteiger partial charge >= 0.3 is 0 Å². The van der Waals surface area contributed by atoms with Crippen molar-refractivity contribution >= 4 is 79.6 Å². The molecule has 1 amide bonds. The molecule has 2 rings (SSSR count). The molecule has 26 heavy (non-hydrogen) atoms. The lowest BCUT2D eigenvalue weighted by molar-refractivity contribution is -0.119. The molecule has 0 spiro atoms. The molecule has 0 aliphatic carbocycles. The van der Waals surface area contributed by atoms with Crippen molar-refractivity contribution in [2.24, 2.45) is 5.84 Å². The Morgan fingerprint density at radius 2 is 1.50 bits per heavy atom. The molecule has 2 aromatic rings. The highest BCUT2D eigenvalue weighted by Gasteiger charge is 2.29. The van der Waals surface area contributed by atoms with E-state index < -0.39 is 22.5 Å². The van der Waals surface area contributed by atoms with Crippen molar-refractivity contribution < 1.29 is 13.2 Å². The molecule has 3 N–H and O–H groups in total. The molecule has 0 unspecified atom stereocenters. The van der Waals surface area contributed by atoms with Gasteiger partial charge in [0, 0.05) is 0 Å². The van der Waals surface area contributed by atoms with Gasteiger partial charge in [0.05, 0.1) is 35.7 Å². The Morgan fingerprint density at radius 1 is 0.923 bits per heavy atom. The van der Waals surface area contributed by atoms with Gasteiger partial charge in [0.15, 0.2) is 0 Å². The van der Waals surface area contributed by atoms with Crippen molar-refractivity contribution in [1.29, 1.82) is 0 Å². The van der Waals surface area contributed by atoms with Crippen molar-refractivity contribution in [2.45, 2.75) is 4.90 Å². The standard InChI is InChI=1S/C14H10Cl5N3O3S/c15-8-2-1-7(3-9(8)16)26(24,25)22(6-14(23)21-20)13-5-11(18)10(17)4-12(13)19/h1-5H,6,20H2,(H,21,23). The molecule has 0 aliphatic rings. The lowest BCUT2D eigenvalue weighted by atomic mass is 10.3. The highest BCUT2D eigenvalue weighted by atomic mass is 35.5. The van der Waals surface area contributed by atoms with E-state index in [-0.39, 0.29) is 35.7 Å². The van der Waals surface area contributed by atoms with Gasteiger partial charge in [0.25, 0.3) is 15.9 Å². The minimum absolute atomic E-state index is 0.0243. The van der Waals surface area contributed by atoms with Crippen LogP contribution in [0.1, 0.15) is 0 Å². The molecule has 0 heterocycles. The Bertz CT molecular complexity index is 969. The number of hydrogen-bond acceptors (Lipinski definition) is 4. The van der Waals surface area contributed by atoms with E-state index in [9.17, 15) is 13.2 Å². The Kier molecular flexibility index (Phi) is 6.90. The summed E-state index contributed by atoms with van der Waals surface area (Å²) in [5, 5.41) is 0.331. The van der Waals surface area contributed by atoms with Gasteiger partial charge in [0.2, 0.25) is 0 Å². The van der Waals surface area contributed by atoms with Crippen molar-refractivity contribution in [1.82, 2.24) is 5.43 Å². The third-order valence-electron chi connectivity index (χ3n) is 3.19. The van der Waals surface area contributed by atoms with E-state index in [4.69, 9.17) is 63.8 Å². The zero-order valence-electron chi connectivity index (χ0n) is 12.6. The summed E-state index contributed by atoms with van der Waals surface area (Å²) < 4.78 is 26.9. The number of nitrogens with zero attached hydrogens (tertiary/aromatic N) is 1. The molecule has 140 valence electrons. The third kappa shape index (κ3) is 4.48. The molecule has 0 fully saturated rings. The number of rotatable bonds is 5. The molecular weight excluding hydrogens is 468 g/mol. The molecule has 0 aliphatic heterocycles. The molecule has 0 saturated heterocycles. The minimum atomic E-state index is -4.26. The number of carbonyl (C=O) groups excluding carboxylic acids is 1. The van der Waals surface area contributed by atoms with Crippen LogP contribution in [0.4, 0.5) is 5.69 Å². The Morgan fingerprint density at radius 3 is 2.08 bits per heavy atom. The van der Waals surface area contributed by atoms with Crippen LogP contribution in [0.2, 0.25) is 25.1 Å². The lowest BCUT2D eigenvalue weighted by Gasteiger charge is -2.25. The van der Waals surface area contributed by atoms with Crippen molar-refractivity contribution in [3.8, 4) is 0 Å². The Labute approximate surface area is 174 Å². The molecule has 2 aromatic carbocycles. The predicted octanol–water partition coefficient (Wildman–Crippen LogP) is 4.14. The SMILES string of the molecule is NNC(=O)CN(c1cc(Cl)c(Cl)cc1Cl)S(=O)(=O)c1ccc(Cl)c(Cl)c1. The highest BCUT2D eigenvalue weighted by Crippen LogP contribution is 2.37. The fourth-order valence-electron chi connectivity index (χ4n) is 1.94. The first-order valence-corrected chi connectivity index (χ1v) is 10.0. The van der Waals surface area contributed by atoms with Crippen LogP contribution in [0, 0.1) is 0 Å². The maximum Gasteiger partial charge on any atom is 0.264 e. The van der Waals surface area contributed by atoms with E-state index in [0.717, 1.165) is 10.4 Å². The van der Waals surface area contributed by atoms with Crippen LogP contribution >= 0.6 is 58.0 Å². The number of nitrogens with one attached hydrogen (secondary N) is 1. The summed E-state index contributed by atoms with van der Waals surface area (Å²) >= 11 is 29.7. The predicted molar refractivity (Wildman–Crippen MR) is 105 cm³/mol. The minimum Gasteiger partial charge on any atom is -0.293 e. The molecule has 0 aromatic heterocycles. The van der Waals surface area contributed by atoms with Crippen LogP contribution in [0.5, 0.6) is 0 Å². The summed E-state index contributed by atoms with van der Waals surface area (Å²) in [6.07, 6.45) is 0. The van der Waals surface area contributed by atoms with Crippen molar-refractivity contribution in [3.63, 3.8) is 0 Å². The molecule has 0 saturated carbocycles. The number of sulfonamides is 1. The van der Waals surface area contributed by atoms with Crippen LogP contribution in [0.25, 0.3) is 0 Å². The topological polar surface area (TPSA) is 92.5 Å². The number of amides is 1. The van der Waals surface area contributed by atoms with Crippen LogP contribution < -0.4 is 15.6 Å². The van der Waals surface area contributed by atoms with Gasteiger partial charge in [0.1, 0.15) is 6.54 Å². The van der Waals surface area contributed by atoms with Crippen molar-refractivity contribution in [2.75, 3.05) is 10.8 Å². The van der Waals surface area contributed by atoms with Crippen LogP contribution in [-0.4, -0.2) is 20.9 Å². The van der Waals surface area contributed by atoms with Crippen molar-refractivity contribution in [3.05, 3.63) is 55.4 Å². The second-order valence-corrected chi connectivity index (χ2v) is 8.77. The molecular formula is C14H10Cl5N3O3S. The summed E-state index contributed by atoms with van der Waals surface area (Å²) in [6.45, 7) is -0.656. The maximum absolute atomic E-state index is 13.1. The number of halogens is 5. The van der Waals surface area contributed by atoms with Gasteiger partial charge in [-0.05, 0) is 30.3 Å². The van der Waals surface area contributed by atoms with E-state index in [2.05, 4.69) is 0 Å². The number of nitrogens with two attached hydrogens (primary N) is 1. The smallest absolute Gasteiger partial charge is 0.264 e. The average molecular weight is 478 g/mol. The lowest BCUT2D eigenvalue weighted by Crippen LogP contribution is -2.43. The molecule has 0 bridgehead atoms. The van der Waals surface area contributed by atoms with Crippen LogP contribution in [0.3, 0.4) is 0 Å². The fourth-order valence-corrected chi connectivity index (χ4v) is 4.46. The summed E-state index contributed by atoms with van der Waals surface area (Å²) in [4.78, 5) is 11.6. The zero-order chi connectivity index (χ0) is 19.6. The van der Waals surface area contributed by atoms with Gasteiger partial charge in [-0.3, -0.25) is 14.5 Å². The summed E-state index contributed by atoms with van der Waals surface area (Å²) in [6, 6.07) is 6.19. The van der Waals surface area contributed by atoms with Gasteiger partial charge < -0.3 is 0 Å². The largest absolute Gasteiger partial charge is 0.293 e. The molecule has 12 heteroatoms. The average Bonchev–Trinajstić information content (AvgIpc) is 2.58. The number of hydrogen-bond donors (Lipinski definition) is 2. The Hall–Kier alpha value is -0.930. The first-order chi connectivity index (χ1) is 12.1. The van der Waals surface area contributed by atoms with E-state index in [1.54, 1.807) is 0 Å². The third-order valence-corrected chi connectivity index (χ3v) is 6.71. The zero-order valence-corrected chi connectivity index (χ0v) is 17.2. The first-order valence-electron chi connectivity index (χ1n) is 6.69. The number of benzene rings is 2. The summed E-state index contributed by atoms with van der Waals surface area (Å²) in [5.41, 5.74) is 1.80. The normalized spacial score (nSPS) is 11.3. The van der Waals surface area contributed by atoms with Gasteiger partial charge in [-0.1, -0.05) is 58.0 Å². The van der Waals surface area contributed by atoms with E-state index in [1.807, 2.05) is 5.43 Å².